The lowest BCUT2D eigenvalue weighted by Gasteiger charge is -2.16. The smallest absolute Gasteiger partial charge is 0.185 e. The van der Waals surface area contributed by atoms with Crippen LogP contribution in [0.5, 0.6) is 0 Å². The van der Waals surface area contributed by atoms with Crippen LogP contribution in [0.3, 0.4) is 0 Å². The molecule has 0 radical (unpaired) electrons. The number of thiazole rings is 1. The highest BCUT2D eigenvalue weighted by molar-refractivity contribution is 7.15. The van der Waals surface area contributed by atoms with Crippen molar-refractivity contribution in [3.8, 4) is 0 Å². The van der Waals surface area contributed by atoms with Crippen molar-refractivity contribution in [1.29, 1.82) is 0 Å². The molecule has 0 aliphatic carbocycles. The predicted molar refractivity (Wildman–Crippen MR) is 78.5 cm³/mol. The van der Waals surface area contributed by atoms with Gasteiger partial charge in [-0.1, -0.05) is 6.92 Å². The standard InChI is InChI=1S/C13H25N3OS/c1-5-11(10-17-4)14-8-12-9-15-13(18-12)16(6-2)7-3/h9,11,14H,5-8,10H2,1-4H3. The van der Waals surface area contributed by atoms with Gasteiger partial charge in [0.05, 0.1) is 6.61 Å². The fourth-order valence-electron chi connectivity index (χ4n) is 1.79. The molecular weight excluding hydrogens is 246 g/mol. The third-order valence-electron chi connectivity index (χ3n) is 3.00. The highest BCUT2D eigenvalue weighted by atomic mass is 32.1. The molecule has 1 heterocycles. The van der Waals surface area contributed by atoms with Crippen LogP contribution in [0.25, 0.3) is 0 Å². The monoisotopic (exact) mass is 271 g/mol. The van der Waals surface area contributed by atoms with Crippen LogP contribution in [0.15, 0.2) is 6.20 Å². The fraction of sp³-hybridized carbons (Fsp3) is 0.769. The van der Waals surface area contributed by atoms with Crippen LogP contribution < -0.4 is 10.2 Å². The second-order valence-corrected chi connectivity index (χ2v) is 5.32. The predicted octanol–water partition coefficient (Wildman–Crippen LogP) is 2.50. The Kier molecular flexibility index (Phi) is 7.23. The summed E-state index contributed by atoms with van der Waals surface area (Å²) in [5.41, 5.74) is 0. The Morgan fingerprint density at radius 1 is 1.39 bits per heavy atom. The molecule has 4 nitrogen and oxygen atoms in total. The second kappa shape index (κ2) is 8.45. The molecule has 0 aliphatic heterocycles. The Bertz CT molecular complexity index is 326. The zero-order chi connectivity index (χ0) is 13.4. The lowest BCUT2D eigenvalue weighted by molar-refractivity contribution is 0.164. The van der Waals surface area contributed by atoms with Gasteiger partial charge in [0.2, 0.25) is 0 Å². The molecule has 1 unspecified atom stereocenters. The molecule has 0 aromatic carbocycles. The van der Waals surface area contributed by atoms with Crippen molar-refractivity contribution in [2.45, 2.75) is 39.8 Å². The molecule has 1 atom stereocenters. The van der Waals surface area contributed by atoms with Crippen LogP contribution in [0, 0.1) is 0 Å². The first-order valence-corrected chi connectivity index (χ1v) is 7.48. The third-order valence-corrected chi connectivity index (χ3v) is 4.06. The van der Waals surface area contributed by atoms with Crippen molar-refractivity contribution in [2.24, 2.45) is 0 Å². The largest absolute Gasteiger partial charge is 0.383 e. The van der Waals surface area contributed by atoms with Crippen LogP contribution in [-0.4, -0.2) is 37.8 Å². The van der Waals surface area contributed by atoms with Gasteiger partial charge in [-0.15, -0.1) is 11.3 Å². The van der Waals surface area contributed by atoms with E-state index < -0.39 is 0 Å². The summed E-state index contributed by atoms with van der Waals surface area (Å²) in [5, 5.41) is 4.62. The molecule has 1 N–H and O–H groups in total. The zero-order valence-electron chi connectivity index (χ0n) is 11.9. The van der Waals surface area contributed by atoms with Gasteiger partial charge in [0.15, 0.2) is 5.13 Å². The third kappa shape index (κ3) is 4.55. The summed E-state index contributed by atoms with van der Waals surface area (Å²) in [5.74, 6) is 0. The molecule has 0 bridgehead atoms. The van der Waals surface area contributed by atoms with Gasteiger partial charge in [0, 0.05) is 43.9 Å². The van der Waals surface area contributed by atoms with E-state index in [0.717, 1.165) is 37.8 Å². The van der Waals surface area contributed by atoms with Crippen LogP contribution in [-0.2, 0) is 11.3 Å². The van der Waals surface area contributed by atoms with Crippen molar-refractivity contribution in [1.82, 2.24) is 10.3 Å². The second-order valence-electron chi connectivity index (χ2n) is 4.22. The van der Waals surface area contributed by atoms with E-state index in [1.165, 1.54) is 4.88 Å². The molecule has 0 saturated heterocycles. The number of nitrogens with one attached hydrogen (secondary N) is 1. The van der Waals surface area contributed by atoms with Gasteiger partial charge >= 0.3 is 0 Å². The minimum atomic E-state index is 0.425. The Morgan fingerprint density at radius 3 is 2.67 bits per heavy atom. The number of aromatic nitrogens is 1. The average Bonchev–Trinajstić information content (AvgIpc) is 2.85. The highest BCUT2D eigenvalue weighted by Gasteiger charge is 2.09. The molecule has 0 aliphatic rings. The maximum Gasteiger partial charge on any atom is 0.185 e. The van der Waals surface area contributed by atoms with Crippen molar-refractivity contribution >= 4 is 16.5 Å². The summed E-state index contributed by atoms with van der Waals surface area (Å²) in [4.78, 5) is 8.04. The Morgan fingerprint density at radius 2 is 2.11 bits per heavy atom. The van der Waals surface area contributed by atoms with Gasteiger partial charge < -0.3 is 15.0 Å². The summed E-state index contributed by atoms with van der Waals surface area (Å²) < 4.78 is 5.18. The topological polar surface area (TPSA) is 37.4 Å². The minimum absolute atomic E-state index is 0.425. The number of ether oxygens (including phenoxy) is 1. The van der Waals surface area contributed by atoms with Gasteiger partial charge in [0.1, 0.15) is 0 Å². The van der Waals surface area contributed by atoms with Gasteiger partial charge in [-0.3, -0.25) is 0 Å². The van der Waals surface area contributed by atoms with E-state index in [1.54, 1.807) is 18.4 Å². The quantitative estimate of drug-likeness (QED) is 0.749. The lowest BCUT2D eigenvalue weighted by Crippen LogP contribution is -2.31. The zero-order valence-corrected chi connectivity index (χ0v) is 12.7. The molecular formula is C13H25N3OS. The van der Waals surface area contributed by atoms with E-state index in [1.807, 2.05) is 6.20 Å². The molecule has 0 saturated carbocycles. The first-order chi connectivity index (χ1) is 8.74. The normalized spacial score (nSPS) is 12.7. The lowest BCUT2D eigenvalue weighted by atomic mass is 10.2. The summed E-state index contributed by atoms with van der Waals surface area (Å²) in [6.45, 7) is 10.2. The molecule has 0 amide bonds. The van der Waals surface area contributed by atoms with E-state index in [0.29, 0.717) is 6.04 Å². The number of anilines is 1. The number of methoxy groups -OCH3 is 1. The minimum Gasteiger partial charge on any atom is -0.383 e. The highest BCUT2D eigenvalue weighted by Crippen LogP contribution is 2.22. The molecule has 5 heteroatoms. The SMILES string of the molecule is CCC(COC)NCc1cnc(N(CC)CC)s1. The molecule has 104 valence electrons. The number of rotatable bonds is 9. The molecule has 0 spiro atoms. The van der Waals surface area contributed by atoms with Crippen molar-refractivity contribution in [3.63, 3.8) is 0 Å². The number of nitrogens with zero attached hydrogens (tertiary/aromatic N) is 2. The molecule has 1 rings (SSSR count). The number of hydrogen-bond donors (Lipinski definition) is 1. The van der Waals surface area contributed by atoms with Gasteiger partial charge in [-0.2, -0.15) is 0 Å². The Balaban J connectivity index is 2.48. The van der Waals surface area contributed by atoms with Crippen LogP contribution >= 0.6 is 11.3 Å². The first-order valence-electron chi connectivity index (χ1n) is 6.67. The maximum absolute atomic E-state index is 5.18. The first kappa shape index (κ1) is 15.4. The van der Waals surface area contributed by atoms with E-state index in [4.69, 9.17) is 4.74 Å². The van der Waals surface area contributed by atoms with Crippen LogP contribution in [0.2, 0.25) is 0 Å². The van der Waals surface area contributed by atoms with Gasteiger partial charge in [0.25, 0.3) is 0 Å². The van der Waals surface area contributed by atoms with Crippen molar-refractivity contribution < 1.29 is 4.74 Å². The van der Waals surface area contributed by atoms with E-state index in [2.05, 4.69) is 36.0 Å². The summed E-state index contributed by atoms with van der Waals surface area (Å²) >= 11 is 1.77. The van der Waals surface area contributed by atoms with Crippen LogP contribution in [0.1, 0.15) is 32.1 Å². The number of hydrogen-bond acceptors (Lipinski definition) is 5. The Labute approximate surface area is 114 Å². The summed E-state index contributed by atoms with van der Waals surface area (Å²) in [6.07, 6.45) is 3.06. The summed E-state index contributed by atoms with van der Waals surface area (Å²) in [6, 6.07) is 0.425. The molecule has 0 fully saturated rings. The van der Waals surface area contributed by atoms with Gasteiger partial charge in [-0.05, 0) is 20.3 Å². The van der Waals surface area contributed by atoms with E-state index >= 15 is 0 Å². The fourth-order valence-corrected chi connectivity index (χ4v) is 2.77. The van der Waals surface area contributed by atoms with Crippen molar-refractivity contribution in [2.75, 3.05) is 31.7 Å². The van der Waals surface area contributed by atoms with Crippen LogP contribution in [0.4, 0.5) is 5.13 Å². The van der Waals surface area contributed by atoms with E-state index in [9.17, 15) is 0 Å². The summed E-state index contributed by atoms with van der Waals surface area (Å²) in [7, 11) is 1.75. The maximum atomic E-state index is 5.18. The molecule has 1 aromatic rings. The molecule has 18 heavy (non-hydrogen) atoms. The van der Waals surface area contributed by atoms with E-state index in [-0.39, 0.29) is 0 Å². The Hall–Kier alpha value is -0.650. The van der Waals surface area contributed by atoms with Crippen molar-refractivity contribution in [3.05, 3.63) is 11.1 Å². The average molecular weight is 271 g/mol. The molecule has 1 aromatic heterocycles. The van der Waals surface area contributed by atoms with Gasteiger partial charge in [-0.25, -0.2) is 4.98 Å².